The Labute approximate surface area is 74.5 Å². The lowest BCUT2D eigenvalue weighted by Crippen LogP contribution is -2.10. The molecule has 3 nitrogen and oxygen atoms in total. The van der Waals surface area contributed by atoms with Crippen LogP contribution in [0.1, 0.15) is 17.3 Å². The lowest BCUT2D eigenvalue weighted by Gasteiger charge is -1.97. The third-order valence-electron chi connectivity index (χ3n) is 1.57. The largest absolute Gasteiger partial charge is 0.411 e. The predicted molar refractivity (Wildman–Crippen MR) is 45.6 cm³/mol. The second-order valence-electron chi connectivity index (χ2n) is 2.52. The van der Waals surface area contributed by atoms with Crippen molar-refractivity contribution in [1.29, 1.82) is 0 Å². The van der Waals surface area contributed by atoms with Gasteiger partial charge in [-0.25, -0.2) is 4.39 Å². The second kappa shape index (κ2) is 3.80. The van der Waals surface area contributed by atoms with Gasteiger partial charge in [0.25, 0.3) is 0 Å². The van der Waals surface area contributed by atoms with Crippen LogP contribution in [-0.2, 0) is 0 Å². The summed E-state index contributed by atoms with van der Waals surface area (Å²) in [5.74, 6) is -0.974. The van der Waals surface area contributed by atoms with Crippen molar-refractivity contribution < 1.29 is 14.4 Å². The van der Waals surface area contributed by atoms with Gasteiger partial charge in [0.2, 0.25) is 5.78 Å². The molecule has 1 aromatic carbocycles. The molecule has 1 N–H and O–H groups in total. The van der Waals surface area contributed by atoms with Crippen LogP contribution in [0, 0.1) is 5.82 Å². The molecule has 1 rings (SSSR count). The first-order chi connectivity index (χ1) is 6.15. The molecule has 0 saturated carbocycles. The summed E-state index contributed by atoms with van der Waals surface area (Å²) >= 11 is 0. The first kappa shape index (κ1) is 9.38. The minimum atomic E-state index is -0.489. The van der Waals surface area contributed by atoms with E-state index in [2.05, 4.69) is 5.16 Å². The molecule has 0 saturated heterocycles. The van der Waals surface area contributed by atoms with E-state index in [0.717, 1.165) is 6.07 Å². The highest BCUT2D eigenvalue weighted by Gasteiger charge is 2.09. The molecule has 0 aliphatic heterocycles. The maximum atomic E-state index is 12.6. The molecule has 4 heteroatoms. The number of halogens is 1. The topological polar surface area (TPSA) is 49.7 Å². The smallest absolute Gasteiger partial charge is 0.210 e. The Morgan fingerprint density at radius 2 is 2.23 bits per heavy atom. The van der Waals surface area contributed by atoms with Crippen molar-refractivity contribution in [2.75, 3.05) is 0 Å². The Morgan fingerprint density at radius 1 is 1.54 bits per heavy atom. The Bertz CT molecular complexity index is 360. The van der Waals surface area contributed by atoms with Crippen LogP contribution in [0.5, 0.6) is 0 Å². The van der Waals surface area contributed by atoms with Crippen LogP contribution in [0.3, 0.4) is 0 Å². The zero-order valence-corrected chi connectivity index (χ0v) is 6.99. The second-order valence-corrected chi connectivity index (χ2v) is 2.52. The number of oxime groups is 1. The summed E-state index contributed by atoms with van der Waals surface area (Å²) in [6, 6.07) is 5.21. The van der Waals surface area contributed by atoms with Gasteiger partial charge in [-0.1, -0.05) is 17.3 Å². The summed E-state index contributed by atoms with van der Waals surface area (Å²) < 4.78 is 12.6. The standard InChI is InChI=1S/C9H8FNO2/c1-6(11-13)9(12)7-3-2-4-8(10)5-7/h2-5,13H,1H3/b11-6+. The van der Waals surface area contributed by atoms with Crippen molar-refractivity contribution in [3.63, 3.8) is 0 Å². The minimum absolute atomic E-state index is 0.0643. The molecule has 0 aliphatic rings. The van der Waals surface area contributed by atoms with E-state index in [-0.39, 0.29) is 11.3 Å². The van der Waals surface area contributed by atoms with E-state index in [1.807, 2.05) is 0 Å². The van der Waals surface area contributed by atoms with Crippen molar-refractivity contribution in [2.45, 2.75) is 6.92 Å². The summed E-state index contributed by atoms with van der Waals surface area (Å²) in [5.41, 5.74) is 0.112. The van der Waals surface area contributed by atoms with Crippen molar-refractivity contribution in [2.24, 2.45) is 5.16 Å². The lowest BCUT2D eigenvalue weighted by atomic mass is 10.1. The highest BCUT2D eigenvalue weighted by Crippen LogP contribution is 2.05. The van der Waals surface area contributed by atoms with E-state index in [9.17, 15) is 9.18 Å². The van der Waals surface area contributed by atoms with E-state index in [0.29, 0.717) is 0 Å². The maximum absolute atomic E-state index is 12.6. The Morgan fingerprint density at radius 3 is 2.77 bits per heavy atom. The molecule has 0 amide bonds. The summed E-state index contributed by atoms with van der Waals surface area (Å²) in [5, 5.41) is 11.0. The molecule has 68 valence electrons. The van der Waals surface area contributed by atoms with Crippen LogP contribution in [0.15, 0.2) is 29.4 Å². The van der Waals surface area contributed by atoms with Crippen molar-refractivity contribution in [3.05, 3.63) is 35.6 Å². The number of hydrogen-bond acceptors (Lipinski definition) is 3. The van der Waals surface area contributed by atoms with Crippen molar-refractivity contribution in [3.8, 4) is 0 Å². The van der Waals surface area contributed by atoms with E-state index >= 15 is 0 Å². The SMILES string of the molecule is C/C(=N\O)C(=O)c1cccc(F)c1. The summed E-state index contributed by atoms with van der Waals surface area (Å²) in [6.07, 6.45) is 0. The van der Waals surface area contributed by atoms with Crippen LogP contribution >= 0.6 is 0 Å². The molecule has 1 aromatic rings. The molecule has 13 heavy (non-hydrogen) atoms. The molecular weight excluding hydrogens is 173 g/mol. The number of hydrogen-bond donors (Lipinski definition) is 1. The molecule has 0 bridgehead atoms. The fraction of sp³-hybridized carbons (Fsp3) is 0.111. The Balaban J connectivity index is 3.03. The lowest BCUT2D eigenvalue weighted by molar-refractivity contribution is 0.106. The van der Waals surface area contributed by atoms with Gasteiger partial charge >= 0.3 is 0 Å². The third kappa shape index (κ3) is 2.11. The number of ketones is 1. The Kier molecular flexibility index (Phi) is 2.74. The van der Waals surface area contributed by atoms with Crippen LogP contribution in [-0.4, -0.2) is 16.7 Å². The zero-order chi connectivity index (χ0) is 9.84. The molecule has 0 unspecified atom stereocenters. The van der Waals surface area contributed by atoms with Crippen LogP contribution in [0.25, 0.3) is 0 Å². The van der Waals surface area contributed by atoms with Gasteiger partial charge in [0, 0.05) is 5.56 Å². The average molecular weight is 181 g/mol. The molecule has 0 heterocycles. The number of benzene rings is 1. The van der Waals surface area contributed by atoms with Crippen molar-refractivity contribution >= 4 is 11.5 Å². The summed E-state index contributed by atoms with van der Waals surface area (Å²) in [4.78, 5) is 11.3. The average Bonchev–Trinajstić information content (AvgIpc) is 2.15. The predicted octanol–water partition coefficient (Wildman–Crippen LogP) is 1.86. The Hall–Kier alpha value is -1.71. The van der Waals surface area contributed by atoms with E-state index in [4.69, 9.17) is 5.21 Å². The summed E-state index contributed by atoms with van der Waals surface area (Å²) in [7, 11) is 0. The molecule has 0 spiro atoms. The number of rotatable bonds is 2. The van der Waals surface area contributed by atoms with Gasteiger partial charge in [0.15, 0.2) is 0 Å². The molecule has 0 aromatic heterocycles. The normalized spacial score (nSPS) is 11.4. The maximum Gasteiger partial charge on any atom is 0.210 e. The molecule has 0 atom stereocenters. The van der Waals surface area contributed by atoms with Crippen LogP contribution in [0.4, 0.5) is 4.39 Å². The highest BCUT2D eigenvalue weighted by molar-refractivity contribution is 6.45. The van der Waals surface area contributed by atoms with Gasteiger partial charge in [0.1, 0.15) is 11.5 Å². The van der Waals surface area contributed by atoms with Gasteiger partial charge in [-0.2, -0.15) is 0 Å². The van der Waals surface area contributed by atoms with E-state index in [1.54, 1.807) is 0 Å². The van der Waals surface area contributed by atoms with Gasteiger partial charge in [0.05, 0.1) is 0 Å². The quantitative estimate of drug-likeness (QED) is 0.327. The first-order valence-corrected chi connectivity index (χ1v) is 3.64. The monoisotopic (exact) mass is 181 g/mol. The van der Waals surface area contributed by atoms with E-state index < -0.39 is 11.6 Å². The van der Waals surface area contributed by atoms with Crippen LogP contribution < -0.4 is 0 Å². The number of carbonyl (C=O) groups excluding carboxylic acids is 1. The number of nitrogens with zero attached hydrogens (tertiary/aromatic N) is 1. The fourth-order valence-corrected chi connectivity index (χ4v) is 0.884. The molecule has 0 fully saturated rings. The van der Waals surface area contributed by atoms with Gasteiger partial charge in [-0.3, -0.25) is 4.79 Å². The molecular formula is C9H8FNO2. The van der Waals surface area contributed by atoms with E-state index in [1.165, 1.54) is 25.1 Å². The zero-order valence-electron chi connectivity index (χ0n) is 6.99. The summed E-state index contributed by atoms with van der Waals surface area (Å²) in [6.45, 7) is 1.35. The number of Topliss-reactive ketones (excluding diaryl/α,β-unsaturated/α-hetero) is 1. The van der Waals surface area contributed by atoms with Gasteiger partial charge in [-0.05, 0) is 19.1 Å². The van der Waals surface area contributed by atoms with Gasteiger partial charge < -0.3 is 5.21 Å². The number of carbonyl (C=O) groups is 1. The third-order valence-corrected chi connectivity index (χ3v) is 1.57. The van der Waals surface area contributed by atoms with Crippen molar-refractivity contribution in [1.82, 2.24) is 0 Å². The first-order valence-electron chi connectivity index (χ1n) is 3.64. The molecule has 0 aliphatic carbocycles. The minimum Gasteiger partial charge on any atom is -0.411 e. The van der Waals surface area contributed by atoms with Gasteiger partial charge in [-0.15, -0.1) is 0 Å². The molecule has 0 radical (unpaired) electrons. The highest BCUT2D eigenvalue weighted by atomic mass is 19.1. The fourth-order valence-electron chi connectivity index (χ4n) is 0.884. The van der Waals surface area contributed by atoms with Crippen LogP contribution in [0.2, 0.25) is 0 Å².